The maximum Gasteiger partial charge on any atom is 0.405 e. The van der Waals surface area contributed by atoms with E-state index >= 15 is 0 Å². The largest absolute Gasteiger partial charge is 0.437 e. The summed E-state index contributed by atoms with van der Waals surface area (Å²) in [7, 11) is 1.56. The van der Waals surface area contributed by atoms with Crippen molar-refractivity contribution in [3.05, 3.63) is 36.3 Å². The fraction of sp³-hybridized carbons (Fsp3) is 0.231. The number of carbonyl (C=O) groups excluding carboxylic acids is 3. The third kappa shape index (κ3) is 3.67. The van der Waals surface area contributed by atoms with Crippen LogP contribution in [0.4, 0.5) is 10.6 Å². The Morgan fingerprint density at radius 2 is 2.17 bits per heavy atom. The predicted octanol–water partition coefficient (Wildman–Crippen LogP) is 0.0417. The van der Waals surface area contributed by atoms with Gasteiger partial charge in [-0.2, -0.15) is 5.10 Å². The zero-order chi connectivity index (χ0) is 17.0. The van der Waals surface area contributed by atoms with E-state index < -0.39 is 18.1 Å². The molecule has 0 aliphatic rings. The van der Waals surface area contributed by atoms with Gasteiger partial charge in [0.2, 0.25) is 0 Å². The van der Waals surface area contributed by atoms with Crippen LogP contribution < -0.4 is 16.1 Å². The van der Waals surface area contributed by atoms with E-state index in [2.05, 4.69) is 20.4 Å². The normalized spacial score (nSPS) is 11.6. The number of carbonyl (C=O) groups is 3. The number of hydrogen-bond acceptors (Lipinski definition) is 5. The van der Waals surface area contributed by atoms with E-state index in [4.69, 9.17) is 5.73 Å². The Bertz CT molecular complexity index is 708. The van der Waals surface area contributed by atoms with Crippen LogP contribution in [0.1, 0.15) is 17.4 Å². The van der Waals surface area contributed by atoms with Gasteiger partial charge in [-0.05, 0) is 19.1 Å². The Hall–Kier alpha value is -3.30. The van der Waals surface area contributed by atoms with Crippen LogP contribution in [0, 0.1) is 0 Å². The van der Waals surface area contributed by atoms with Crippen molar-refractivity contribution in [3.63, 3.8) is 0 Å². The van der Waals surface area contributed by atoms with Gasteiger partial charge in [0.15, 0.2) is 6.10 Å². The second-order valence-corrected chi connectivity index (χ2v) is 4.62. The Morgan fingerprint density at radius 3 is 2.78 bits per heavy atom. The van der Waals surface area contributed by atoms with Crippen LogP contribution in [0.15, 0.2) is 30.6 Å². The van der Waals surface area contributed by atoms with Gasteiger partial charge in [-0.1, -0.05) is 0 Å². The molecule has 10 heteroatoms. The van der Waals surface area contributed by atoms with Crippen molar-refractivity contribution in [3.8, 4) is 0 Å². The van der Waals surface area contributed by atoms with Crippen LogP contribution in [0.3, 0.4) is 0 Å². The number of nitrogens with two attached hydrogens (primary N) is 1. The van der Waals surface area contributed by atoms with Gasteiger partial charge >= 0.3 is 6.09 Å². The minimum atomic E-state index is -1.09. The molecule has 4 N–H and O–H groups in total. The molecule has 2 rings (SSSR count). The maximum atomic E-state index is 12.5. The van der Waals surface area contributed by atoms with Crippen molar-refractivity contribution < 1.29 is 19.1 Å². The SMILES string of the molecule is CC(OC(N)=O)C(=O)Nn1cccc1C(=O)N(C)c1ccn[nH]1. The van der Waals surface area contributed by atoms with Gasteiger partial charge in [0.25, 0.3) is 11.8 Å². The lowest BCUT2D eigenvalue weighted by Gasteiger charge is -2.18. The van der Waals surface area contributed by atoms with Gasteiger partial charge in [0, 0.05) is 19.3 Å². The van der Waals surface area contributed by atoms with Gasteiger partial charge in [0.05, 0.1) is 6.20 Å². The number of anilines is 1. The van der Waals surface area contributed by atoms with Crippen LogP contribution in [0.5, 0.6) is 0 Å². The lowest BCUT2D eigenvalue weighted by Crippen LogP contribution is -2.38. The third-order valence-corrected chi connectivity index (χ3v) is 3.01. The molecule has 0 saturated carbocycles. The lowest BCUT2D eigenvalue weighted by molar-refractivity contribution is -0.124. The van der Waals surface area contributed by atoms with Crippen LogP contribution in [0.25, 0.3) is 0 Å². The summed E-state index contributed by atoms with van der Waals surface area (Å²) in [6, 6.07) is 4.76. The molecular weight excluding hydrogens is 304 g/mol. The Morgan fingerprint density at radius 1 is 1.43 bits per heavy atom. The average molecular weight is 320 g/mol. The number of ether oxygens (including phenoxy) is 1. The van der Waals surface area contributed by atoms with Gasteiger partial charge < -0.3 is 10.5 Å². The van der Waals surface area contributed by atoms with Gasteiger partial charge in [-0.3, -0.25) is 29.7 Å². The van der Waals surface area contributed by atoms with Crippen molar-refractivity contribution in [1.29, 1.82) is 0 Å². The molecule has 0 radical (unpaired) electrons. The number of primary amides is 1. The third-order valence-electron chi connectivity index (χ3n) is 3.01. The number of H-pyrrole nitrogens is 1. The van der Waals surface area contributed by atoms with Crippen molar-refractivity contribution in [2.24, 2.45) is 5.73 Å². The second-order valence-electron chi connectivity index (χ2n) is 4.62. The van der Waals surface area contributed by atoms with E-state index in [0.29, 0.717) is 5.82 Å². The molecule has 2 aromatic rings. The molecule has 1 atom stereocenters. The van der Waals surface area contributed by atoms with E-state index in [1.807, 2.05) is 0 Å². The highest BCUT2D eigenvalue weighted by atomic mass is 16.6. The molecule has 0 aromatic carbocycles. The van der Waals surface area contributed by atoms with E-state index in [0.717, 1.165) is 0 Å². The van der Waals surface area contributed by atoms with Crippen molar-refractivity contribution >= 4 is 23.7 Å². The summed E-state index contributed by atoms with van der Waals surface area (Å²) >= 11 is 0. The number of aromatic amines is 1. The first-order valence-corrected chi connectivity index (χ1v) is 6.62. The Kier molecular flexibility index (Phi) is 4.64. The summed E-state index contributed by atoms with van der Waals surface area (Å²) < 4.78 is 5.81. The molecule has 3 amide bonds. The topological polar surface area (TPSA) is 135 Å². The minimum Gasteiger partial charge on any atom is -0.437 e. The lowest BCUT2D eigenvalue weighted by atomic mass is 10.3. The number of rotatable bonds is 5. The van der Waals surface area contributed by atoms with Crippen LogP contribution in [0.2, 0.25) is 0 Å². The zero-order valence-corrected chi connectivity index (χ0v) is 12.5. The fourth-order valence-corrected chi connectivity index (χ4v) is 1.81. The highest BCUT2D eigenvalue weighted by Crippen LogP contribution is 2.11. The van der Waals surface area contributed by atoms with Crippen LogP contribution in [-0.4, -0.2) is 45.9 Å². The smallest absolute Gasteiger partial charge is 0.405 e. The summed E-state index contributed by atoms with van der Waals surface area (Å²) in [5.74, 6) is -0.499. The van der Waals surface area contributed by atoms with Crippen molar-refractivity contribution in [2.45, 2.75) is 13.0 Å². The number of amides is 3. The molecule has 10 nitrogen and oxygen atoms in total. The highest BCUT2D eigenvalue weighted by Gasteiger charge is 2.21. The first-order chi connectivity index (χ1) is 10.9. The van der Waals surface area contributed by atoms with E-state index in [1.54, 1.807) is 19.2 Å². The highest BCUT2D eigenvalue weighted by molar-refractivity contribution is 6.04. The zero-order valence-electron chi connectivity index (χ0n) is 12.5. The summed E-state index contributed by atoms with van der Waals surface area (Å²) in [5.41, 5.74) is 7.52. The van der Waals surface area contributed by atoms with Crippen molar-refractivity contribution in [1.82, 2.24) is 14.9 Å². The van der Waals surface area contributed by atoms with Gasteiger partial charge in [-0.25, -0.2) is 4.79 Å². The van der Waals surface area contributed by atoms with E-state index in [1.165, 1.54) is 35.0 Å². The maximum absolute atomic E-state index is 12.5. The standard InChI is InChI=1S/C13H16N6O4/c1-8(23-13(14)22)11(20)17-19-7-3-4-9(19)12(21)18(2)10-5-6-15-16-10/h3-8H,1-2H3,(H2,14,22)(H,15,16)(H,17,20). The number of hydrogen-bond donors (Lipinski definition) is 3. The van der Waals surface area contributed by atoms with E-state index in [9.17, 15) is 14.4 Å². The number of nitrogens with one attached hydrogen (secondary N) is 2. The van der Waals surface area contributed by atoms with Crippen molar-refractivity contribution in [2.75, 3.05) is 17.4 Å². The Balaban J connectivity index is 2.11. The molecule has 2 aromatic heterocycles. The molecule has 0 spiro atoms. The second kappa shape index (κ2) is 6.64. The molecule has 23 heavy (non-hydrogen) atoms. The quantitative estimate of drug-likeness (QED) is 0.715. The molecule has 0 aliphatic heterocycles. The van der Waals surface area contributed by atoms with Gasteiger partial charge in [0.1, 0.15) is 11.5 Å². The summed E-state index contributed by atoms with van der Waals surface area (Å²) in [6.45, 7) is 1.36. The molecule has 0 aliphatic carbocycles. The molecule has 0 bridgehead atoms. The molecule has 0 fully saturated rings. The first kappa shape index (κ1) is 16.1. The minimum absolute atomic E-state index is 0.210. The summed E-state index contributed by atoms with van der Waals surface area (Å²) in [4.78, 5) is 36.4. The van der Waals surface area contributed by atoms with E-state index in [-0.39, 0.29) is 11.6 Å². The summed E-state index contributed by atoms with van der Waals surface area (Å²) in [5, 5.41) is 6.44. The average Bonchev–Trinajstić information content (AvgIpc) is 3.16. The van der Waals surface area contributed by atoms with Crippen LogP contribution in [-0.2, 0) is 9.53 Å². The number of nitrogens with zero attached hydrogens (tertiary/aromatic N) is 3. The predicted molar refractivity (Wildman–Crippen MR) is 80.3 cm³/mol. The Labute approximate surface area is 131 Å². The number of aromatic nitrogens is 3. The fourth-order valence-electron chi connectivity index (χ4n) is 1.81. The van der Waals surface area contributed by atoms with Crippen LogP contribution >= 0.6 is 0 Å². The van der Waals surface area contributed by atoms with Gasteiger partial charge in [-0.15, -0.1) is 0 Å². The molecule has 0 saturated heterocycles. The molecular formula is C13H16N6O4. The first-order valence-electron chi connectivity index (χ1n) is 6.62. The molecule has 2 heterocycles. The monoisotopic (exact) mass is 320 g/mol. The summed E-state index contributed by atoms with van der Waals surface area (Å²) in [6.07, 6.45) is 0.852. The molecule has 1 unspecified atom stereocenters. The molecule has 122 valence electrons.